The predicted octanol–water partition coefficient (Wildman–Crippen LogP) is 1.71. The number of alkyl halides is 2. The van der Waals surface area contributed by atoms with E-state index in [2.05, 4.69) is 0 Å². The van der Waals surface area contributed by atoms with Crippen LogP contribution < -0.4 is 0 Å². The molecule has 1 rings (SSSR count). The predicted molar refractivity (Wildman–Crippen MR) is 42.2 cm³/mol. The van der Waals surface area contributed by atoms with E-state index in [4.69, 9.17) is 4.74 Å². The highest BCUT2D eigenvalue weighted by Crippen LogP contribution is 2.12. The van der Waals surface area contributed by atoms with E-state index < -0.39 is 12.5 Å². The Morgan fingerprint density at radius 3 is 2.42 bits per heavy atom. The second-order valence-electron chi connectivity index (χ2n) is 3.37. The summed E-state index contributed by atoms with van der Waals surface area (Å²) in [6.45, 7) is 2.72. The van der Waals surface area contributed by atoms with E-state index in [1.165, 1.54) is 0 Å². The van der Waals surface area contributed by atoms with Gasteiger partial charge in [0.05, 0.1) is 6.73 Å². The normalized spacial score (nSPS) is 20.2. The summed E-state index contributed by atoms with van der Waals surface area (Å²) in [5.74, 6) is -2.69. The Hall–Kier alpha value is -0.220. The molecule has 72 valence electrons. The van der Waals surface area contributed by atoms with Gasteiger partial charge in [-0.3, -0.25) is 4.90 Å². The lowest BCUT2D eigenvalue weighted by atomic mass is 10.4. The number of ether oxygens (including phenoxy) is 1. The zero-order chi connectivity index (χ0) is 9.03. The highest BCUT2D eigenvalue weighted by molar-refractivity contribution is 4.63. The first-order chi connectivity index (χ1) is 5.58. The van der Waals surface area contributed by atoms with E-state index in [1.807, 2.05) is 4.90 Å². The van der Waals surface area contributed by atoms with Crippen LogP contribution in [-0.2, 0) is 4.74 Å². The van der Waals surface area contributed by atoms with Crippen molar-refractivity contribution in [1.29, 1.82) is 0 Å². The van der Waals surface area contributed by atoms with Gasteiger partial charge in [-0.2, -0.15) is 0 Å². The second-order valence-corrected chi connectivity index (χ2v) is 3.37. The maximum atomic E-state index is 12.3. The van der Waals surface area contributed by atoms with E-state index in [9.17, 15) is 8.78 Å². The fourth-order valence-corrected chi connectivity index (χ4v) is 1.27. The lowest BCUT2D eigenvalue weighted by Gasteiger charge is -2.16. The lowest BCUT2D eigenvalue weighted by molar-refractivity contribution is -0.0843. The molecule has 1 aliphatic rings. The molecule has 0 radical (unpaired) electrons. The molecule has 0 aromatic carbocycles. The van der Waals surface area contributed by atoms with Crippen LogP contribution in [0.1, 0.15) is 19.8 Å². The average Bonchev–Trinajstić information content (AvgIpc) is 2.36. The Bertz CT molecular complexity index is 130. The van der Waals surface area contributed by atoms with E-state index in [0.29, 0.717) is 6.73 Å². The molecule has 0 aliphatic carbocycles. The van der Waals surface area contributed by atoms with Gasteiger partial charge in [0.25, 0.3) is 5.92 Å². The van der Waals surface area contributed by atoms with Crippen molar-refractivity contribution in [3.8, 4) is 0 Å². The Balaban J connectivity index is 2.02. The molecule has 0 N–H and O–H groups in total. The van der Waals surface area contributed by atoms with Gasteiger partial charge in [0.1, 0.15) is 6.61 Å². The maximum Gasteiger partial charge on any atom is 0.268 e. The number of hydrogen-bond donors (Lipinski definition) is 0. The highest BCUT2D eigenvalue weighted by atomic mass is 19.3. The highest BCUT2D eigenvalue weighted by Gasteiger charge is 2.22. The average molecular weight is 179 g/mol. The van der Waals surface area contributed by atoms with Gasteiger partial charge in [-0.05, 0) is 12.8 Å². The number of halogens is 2. The number of rotatable bonds is 4. The summed E-state index contributed by atoms with van der Waals surface area (Å²) in [6.07, 6.45) is 2.32. The van der Waals surface area contributed by atoms with Gasteiger partial charge in [-0.25, -0.2) is 8.78 Å². The standard InChI is InChI=1S/C8H15F2NO/c1-8(9,10)6-12-7-11-4-2-3-5-11/h2-7H2,1H3. The fraction of sp³-hybridized carbons (Fsp3) is 1.00. The second kappa shape index (κ2) is 4.14. The van der Waals surface area contributed by atoms with Crippen LogP contribution in [0.2, 0.25) is 0 Å². The molecule has 12 heavy (non-hydrogen) atoms. The summed E-state index contributed by atoms with van der Waals surface area (Å²) in [5, 5.41) is 0. The molecule has 2 nitrogen and oxygen atoms in total. The number of nitrogens with zero attached hydrogens (tertiary/aromatic N) is 1. The van der Waals surface area contributed by atoms with Gasteiger partial charge in [0.2, 0.25) is 0 Å². The third kappa shape index (κ3) is 3.97. The van der Waals surface area contributed by atoms with Gasteiger partial charge in [0.15, 0.2) is 0 Å². The van der Waals surface area contributed by atoms with Crippen LogP contribution in [0.5, 0.6) is 0 Å². The van der Waals surface area contributed by atoms with Crippen molar-refractivity contribution in [2.24, 2.45) is 0 Å². The topological polar surface area (TPSA) is 12.5 Å². The van der Waals surface area contributed by atoms with Crippen molar-refractivity contribution in [3.63, 3.8) is 0 Å². The minimum absolute atomic E-state index is 0.351. The van der Waals surface area contributed by atoms with Crippen LogP contribution in [0.25, 0.3) is 0 Å². The molecule has 1 fully saturated rings. The third-order valence-electron chi connectivity index (χ3n) is 1.83. The van der Waals surface area contributed by atoms with Crippen LogP contribution in [0.3, 0.4) is 0 Å². The molecule has 1 aliphatic heterocycles. The summed E-state index contributed by atoms with van der Waals surface area (Å²) in [6, 6.07) is 0. The minimum Gasteiger partial charge on any atom is -0.360 e. The van der Waals surface area contributed by atoms with E-state index in [-0.39, 0.29) is 0 Å². The molecule has 4 heteroatoms. The first kappa shape index (κ1) is 9.86. The van der Waals surface area contributed by atoms with Crippen LogP contribution in [0.4, 0.5) is 8.78 Å². The Morgan fingerprint density at radius 2 is 1.92 bits per heavy atom. The molecule has 0 atom stereocenters. The van der Waals surface area contributed by atoms with Gasteiger partial charge in [0, 0.05) is 20.0 Å². The number of likely N-dealkylation sites (tertiary alicyclic amines) is 1. The smallest absolute Gasteiger partial charge is 0.268 e. The SMILES string of the molecule is CC(F)(F)COCN1CCCC1. The Labute approximate surface area is 71.5 Å². The van der Waals surface area contributed by atoms with E-state index in [0.717, 1.165) is 32.9 Å². The summed E-state index contributed by atoms with van der Waals surface area (Å²) in [7, 11) is 0. The Morgan fingerprint density at radius 1 is 1.33 bits per heavy atom. The van der Waals surface area contributed by atoms with E-state index >= 15 is 0 Å². The van der Waals surface area contributed by atoms with E-state index in [1.54, 1.807) is 0 Å². The zero-order valence-corrected chi connectivity index (χ0v) is 7.35. The van der Waals surface area contributed by atoms with Crippen LogP contribution in [0.15, 0.2) is 0 Å². The van der Waals surface area contributed by atoms with Crippen molar-refractivity contribution in [1.82, 2.24) is 4.90 Å². The van der Waals surface area contributed by atoms with Crippen molar-refractivity contribution in [3.05, 3.63) is 0 Å². The molecular weight excluding hydrogens is 164 g/mol. The monoisotopic (exact) mass is 179 g/mol. The molecule has 0 spiro atoms. The first-order valence-electron chi connectivity index (χ1n) is 4.26. The van der Waals surface area contributed by atoms with Crippen LogP contribution in [-0.4, -0.2) is 37.2 Å². The molecule has 0 amide bonds. The largest absolute Gasteiger partial charge is 0.360 e. The molecule has 0 bridgehead atoms. The third-order valence-corrected chi connectivity index (χ3v) is 1.83. The molecule has 1 saturated heterocycles. The van der Waals surface area contributed by atoms with Crippen LogP contribution in [0, 0.1) is 0 Å². The summed E-state index contributed by atoms with van der Waals surface area (Å²) in [5.41, 5.74) is 0. The van der Waals surface area contributed by atoms with Gasteiger partial charge in [-0.15, -0.1) is 0 Å². The van der Waals surface area contributed by atoms with Gasteiger partial charge < -0.3 is 4.74 Å². The van der Waals surface area contributed by atoms with Gasteiger partial charge >= 0.3 is 0 Å². The lowest BCUT2D eigenvalue weighted by Crippen LogP contribution is -2.27. The molecule has 1 heterocycles. The maximum absolute atomic E-state index is 12.3. The molecule has 0 aromatic heterocycles. The molecule has 0 saturated carbocycles. The number of hydrogen-bond acceptors (Lipinski definition) is 2. The summed E-state index contributed by atoms with van der Waals surface area (Å²) < 4.78 is 29.4. The zero-order valence-electron chi connectivity index (χ0n) is 7.35. The summed E-state index contributed by atoms with van der Waals surface area (Å²) >= 11 is 0. The minimum atomic E-state index is -2.69. The molecular formula is C8H15F2NO. The van der Waals surface area contributed by atoms with Gasteiger partial charge in [-0.1, -0.05) is 0 Å². The van der Waals surface area contributed by atoms with Crippen molar-refractivity contribution in [2.75, 3.05) is 26.4 Å². The Kier molecular flexibility index (Phi) is 3.40. The summed E-state index contributed by atoms with van der Waals surface area (Å²) in [4.78, 5) is 2.05. The van der Waals surface area contributed by atoms with Crippen molar-refractivity contribution < 1.29 is 13.5 Å². The fourth-order valence-electron chi connectivity index (χ4n) is 1.27. The van der Waals surface area contributed by atoms with Crippen molar-refractivity contribution >= 4 is 0 Å². The molecule has 0 unspecified atom stereocenters. The quantitative estimate of drug-likeness (QED) is 0.651. The van der Waals surface area contributed by atoms with Crippen molar-refractivity contribution in [2.45, 2.75) is 25.7 Å². The molecule has 0 aromatic rings. The first-order valence-corrected chi connectivity index (χ1v) is 4.26. The van der Waals surface area contributed by atoms with Crippen LogP contribution >= 0.6 is 0 Å².